The molecule has 1 aliphatic rings. The molecule has 1 aromatic rings. The molecule has 0 bridgehead atoms. The van der Waals surface area contributed by atoms with Crippen LogP contribution in [0.2, 0.25) is 0 Å². The van der Waals surface area contributed by atoms with Gasteiger partial charge in [-0.05, 0) is 6.42 Å². The van der Waals surface area contributed by atoms with Crippen LogP contribution in [0.1, 0.15) is 18.1 Å². The van der Waals surface area contributed by atoms with E-state index < -0.39 is 35.7 Å². The predicted octanol–water partition coefficient (Wildman–Crippen LogP) is -2.39. The highest BCUT2D eigenvalue weighted by atomic mass is 16.5. The highest BCUT2D eigenvalue weighted by molar-refractivity contribution is 5.13. The van der Waals surface area contributed by atoms with Gasteiger partial charge < -0.3 is 25.0 Å². The minimum atomic E-state index is -1.28. The highest BCUT2D eigenvalue weighted by Gasteiger charge is 2.43. The molecular weight excluding hydrogens is 244 g/mol. The zero-order valence-corrected chi connectivity index (χ0v) is 9.37. The van der Waals surface area contributed by atoms with E-state index in [1.54, 1.807) is 0 Å². The summed E-state index contributed by atoms with van der Waals surface area (Å²) in [5, 5.41) is 28.3. The Morgan fingerprint density at radius 2 is 2.00 bits per heavy atom. The predicted molar refractivity (Wildman–Crippen MR) is 59.0 cm³/mol. The molecule has 8 nitrogen and oxygen atoms in total. The lowest BCUT2D eigenvalue weighted by Gasteiger charge is -2.13. The number of aromatic nitrogens is 2. The van der Waals surface area contributed by atoms with Crippen molar-refractivity contribution < 1.29 is 20.1 Å². The minimum Gasteiger partial charge on any atom is -0.396 e. The number of ether oxygens (including phenoxy) is 1. The Kier molecular flexibility index (Phi) is 3.62. The largest absolute Gasteiger partial charge is 0.396 e. The molecule has 0 spiro atoms. The van der Waals surface area contributed by atoms with Gasteiger partial charge in [0.1, 0.15) is 18.3 Å². The Hall–Kier alpha value is -1.48. The number of rotatable bonds is 3. The molecule has 1 aromatic heterocycles. The molecule has 1 aliphatic heterocycles. The quantitative estimate of drug-likeness (QED) is 0.410. The lowest BCUT2D eigenvalue weighted by atomic mass is 10.0. The molecule has 0 unspecified atom stereocenters. The third-order valence-corrected chi connectivity index (χ3v) is 2.93. The van der Waals surface area contributed by atoms with E-state index in [0.29, 0.717) is 0 Å². The topological polar surface area (TPSA) is 136 Å². The van der Waals surface area contributed by atoms with Gasteiger partial charge in [-0.3, -0.25) is 9.78 Å². The average molecular weight is 258 g/mol. The summed E-state index contributed by atoms with van der Waals surface area (Å²) in [7, 11) is 0. The Morgan fingerprint density at radius 1 is 1.28 bits per heavy atom. The fourth-order valence-electron chi connectivity index (χ4n) is 2.00. The van der Waals surface area contributed by atoms with Gasteiger partial charge in [0.15, 0.2) is 0 Å². The summed E-state index contributed by atoms with van der Waals surface area (Å²) >= 11 is 0. The van der Waals surface area contributed by atoms with Crippen molar-refractivity contribution in [2.24, 2.45) is 0 Å². The van der Waals surface area contributed by atoms with Gasteiger partial charge in [0.25, 0.3) is 5.56 Å². The molecule has 0 saturated carbocycles. The van der Waals surface area contributed by atoms with Crippen molar-refractivity contribution in [2.45, 2.75) is 30.8 Å². The first kappa shape index (κ1) is 13.0. The van der Waals surface area contributed by atoms with Crippen molar-refractivity contribution in [3.05, 3.63) is 32.6 Å². The van der Waals surface area contributed by atoms with Crippen LogP contribution in [0.15, 0.2) is 15.8 Å². The minimum absolute atomic E-state index is 0.0292. The van der Waals surface area contributed by atoms with Gasteiger partial charge in [0, 0.05) is 12.8 Å². The summed E-state index contributed by atoms with van der Waals surface area (Å²) in [4.78, 5) is 26.7. The zero-order valence-electron chi connectivity index (χ0n) is 9.37. The van der Waals surface area contributed by atoms with E-state index in [-0.39, 0.29) is 18.6 Å². The molecule has 5 N–H and O–H groups in total. The van der Waals surface area contributed by atoms with Crippen molar-refractivity contribution in [2.75, 3.05) is 6.61 Å². The maximum atomic E-state index is 11.5. The van der Waals surface area contributed by atoms with Crippen LogP contribution < -0.4 is 11.2 Å². The van der Waals surface area contributed by atoms with Crippen LogP contribution in [-0.4, -0.2) is 50.2 Å². The third-order valence-electron chi connectivity index (χ3n) is 2.93. The third kappa shape index (κ3) is 2.23. The van der Waals surface area contributed by atoms with Crippen LogP contribution in [0.25, 0.3) is 0 Å². The monoisotopic (exact) mass is 258 g/mol. The molecule has 2 rings (SSSR count). The number of hydrogen-bond donors (Lipinski definition) is 5. The van der Waals surface area contributed by atoms with Crippen LogP contribution >= 0.6 is 0 Å². The van der Waals surface area contributed by atoms with Crippen molar-refractivity contribution in [1.29, 1.82) is 0 Å². The smallest absolute Gasteiger partial charge is 0.325 e. The summed E-state index contributed by atoms with van der Waals surface area (Å²) in [6.45, 7) is -0.205. The van der Waals surface area contributed by atoms with Crippen LogP contribution in [0.3, 0.4) is 0 Å². The molecule has 8 heteroatoms. The van der Waals surface area contributed by atoms with Gasteiger partial charge in [-0.2, -0.15) is 0 Å². The van der Waals surface area contributed by atoms with Crippen LogP contribution in [-0.2, 0) is 4.74 Å². The molecule has 0 aromatic carbocycles. The van der Waals surface area contributed by atoms with E-state index in [1.807, 2.05) is 4.98 Å². The highest BCUT2D eigenvalue weighted by Crippen LogP contribution is 2.32. The second-order valence-electron chi connectivity index (χ2n) is 4.12. The van der Waals surface area contributed by atoms with Gasteiger partial charge in [-0.25, -0.2) is 4.79 Å². The lowest BCUT2D eigenvalue weighted by molar-refractivity contribution is -0.00544. The normalized spacial score (nSPS) is 31.7. The number of aliphatic hydroxyl groups excluding tert-OH is 3. The first-order valence-corrected chi connectivity index (χ1v) is 5.49. The second-order valence-corrected chi connectivity index (χ2v) is 4.12. The number of nitrogens with one attached hydrogen (secondary N) is 2. The molecule has 2 heterocycles. The second kappa shape index (κ2) is 5.02. The summed E-state index contributed by atoms with van der Waals surface area (Å²) in [5.41, 5.74) is -1.31. The standard InChI is InChI=1S/C10H14N2O6/c13-2-1-5-6(14)7(15)8(18-5)4-3-11-10(17)12-9(4)16/h3,5-8,13-15H,1-2H2,(H2,11,12,16,17)/t5-,6-,7-,8+/m1/s1. The van der Waals surface area contributed by atoms with Crippen LogP contribution in [0.4, 0.5) is 0 Å². The van der Waals surface area contributed by atoms with Gasteiger partial charge in [0.2, 0.25) is 0 Å². The van der Waals surface area contributed by atoms with Crippen molar-refractivity contribution in [1.82, 2.24) is 9.97 Å². The van der Waals surface area contributed by atoms with Gasteiger partial charge in [-0.15, -0.1) is 0 Å². The number of H-pyrrole nitrogens is 2. The van der Waals surface area contributed by atoms with Gasteiger partial charge in [0.05, 0.1) is 11.7 Å². The summed E-state index contributed by atoms with van der Waals surface area (Å²) < 4.78 is 5.33. The Labute approximate surface area is 101 Å². The lowest BCUT2D eigenvalue weighted by Crippen LogP contribution is -2.33. The molecular formula is C10H14N2O6. The summed E-state index contributed by atoms with van der Waals surface area (Å²) in [5.74, 6) is 0. The van der Waals surface area contributed by atoms with Crippen LogP contribution in [0.5, 0.6) is 0 Å². The SMILES string of the molecule is O=c1[nH]cc([C@@H]2O[C@H](CCO)[C@@H](O)[C@H]2O)c(=O)[nH]1. The zero-order chi connectivity index (χ0) is 13.3. The molecule has 0 radical (unpaired) electrons. The fourth-order valence-corrected chi connectivity index (χ4v) is 2.00. The number of hydrogen-bond acceptors (Lipinski definition) is 6. The van der Waals surface area contributed by atoms with E-state index in [9.17, 15) is 19.8 Å². The van der Waals surface area contributed by atoms with E-state index in [1.165, 1.54) is 0 Å². The van der Waals surface area contributed by atoms with Crippen molar-refractivity contribution in [3.8, 4) is 0 Å². The summed E-state index contributed by atoms with van der Waals surface area (Å²) in [6, 6.07) is 0. The van der Waals surface area contributed by atoms with Gasteiger partial charge in [-0.1, -0.05) is 0 Å². The molecule has 0 aliphatic carbocycles. The van der Waals surface area contributed by atoms with Gasteiger partial charge >= 0.3 is 5.69 Å². The molecule has 18 heavy (non-hydrogen) atoms. The number of aliphatic hydroxyl groups is 3. The maximum absolute atomic E-state index is 11.5. The average Bonchev–Trinajstić information content (AvgIpc) is 2.58. The summed E-state index contributed by atoms with van der Waals surface area (Å²) in [6.07, 6.45) is -2.96. The fraction of sp³-hybridized carbons (Fsp3) is 0.600. The first-order valence-electron chi connectivity index (χ1n) is 5.49. The maximum Gasteiger partial charge on any atom is 0.325 e. The molecule has 0 amide bonds. The van der Waals surface area contributed by atoms with E-state index in [4.69, 9.17) is 9.84 Å². The van der Waals surface area contributed by atoms with Crippen molar-refractivity contribution >= 4 is 0 Å². The Bertz CT molecular complexity index is 524. The molecule has 100 valence electrons. The van der Waals surface area contributed by atoms with E-state index >= 15 is 0 Å². The van der Waals surface area contributed by atoms with Crippen molar-refractivity contribution in [3.63, 3.8) is 0 Å². The molecule has 1 fully saturated rings. The van der Waals surface area contributed by atoms with E-state index in [2.05, 4.69) is 4.98 Å². The first-order chi connectivity index (χ1) is 8.54. The van der Waals surface area contributed by atoms with Crippen LogP contribution in [0, 0.1) is 0 Å². The Balaban J connectivity index is 2.29. The Morgan fingerprint density at radius 3 is 2.61 bits per heavy atom. The van der Waals surface area contributed by atoms with E-state index in [0.717, 1.165) is 6.20 Å². The molecule has 4 atom stereocenters. The molecule has 1 saturated heterocycles. The number of aromatic amines is 2.